The summed E-state index contributed by atoms with van der Waals surface area (Å²) in [7, 11) is 0. The van der Waals surface area contributed by atoms with E-state index in [0.717, 1.165) is 39.7 Å². The standard InChI is InChI=1S/C22H21N5OS/c1-3-16-10-6-8-15(2)21(16)23-20(28)14-29-22-24-25-26-27(22)19-13-7-11-17-9-4-5-12-18(17)19/h4-13H,3,14H2,1-2H3,(H,23,28). The van der Waals surface area contributed by atoms with Gasteiger partial charge in [0.2, 0.25) is 11.1 Å². The van der Waals surface area contributed by atoms with Crippen molar-refractivity contribution in [1.29, 1.82) is 0 Å². The van der Waals surface area contributed by atoms with Crippen molar-refractivity contribution in [2.24, 2.45) is 0 Å². The number of aromatic nitrogens is 4. The molecular formula is C22H21N5OS. The Balaban J connectivity index is 1.53. The average molecular weight is 404 g/mol. The number of carbonyl (C=O) groups excluding carboxylic acids is 1. The monoisotopic (exact) mass is 403 g/mol. The number of thioether (sulfide) groups is 1. The zero-order valence-corrected chi connectivity index (χ0v) is 17.1. The van der Waals surface area contributed by atoms with Crippen molar-refractivity contribution >= 4 is 34.1 Å². The van der Waals surface area contributed by atoms with E-state index in [1.165, 1.54) is 11.8 Å². The van der Waals surface area contributed by atoms with Crippen LogP contribution in [0.5, 0.6) is 0 Å². The molecule has 7 heteroatoms. The summed E-state index contributed by atoms with van der Waals surface area (Å²) in [4.78, 5) is 12.6. The van der Waals surface area contributed by atoms with Gasteiger partial charge < -0.3 is 5.32 Å². The summed E-state index contributed by atoms with van der Waals surface area (Å²) in [5.41, 5.74) is 3.98. The molecule has 0 aliphatic rings. The summed E-state index contributed by atoms with van der Waals surface area (Å²) in [6, 6.07) is 20.1. The first-order valence-electron chi connectivity index (χ1n) is 9.45. The van der Waals surface area contributed by atoms with Gasteiger partial charge in [0.25, 0.3) is 0 Å². The second-order valence-electron chi connectivity index (χ2n) is 6.67. The van der Waals surface area contributed by atoms with Gasteiger partial charge in [-0.3, -0.25) is 4.79 Å². The first kappa shape index (κ1) is 19.1. The fourth-order valence-corrected chi connectivity index (χ4v) is 4.00. The zero-order chi connectivity index (χ0) is 20.2. The maximum absolute atomic E-state index is 12.6. The fraction of sp³-hybridized carbons (Fsp3) is 0.182. The Morgan fingerprint density at radius 2 is 1.86 bits per heavy atom. The lowest BCUT2D eigenvalue weighted by Crippen LogP contribution is -2.16. The van der Waals surface area contributed by atoms with Crippen LogP contribution in [0.2, 0.25) is 0 Å². The number of carbonyl (C=O) groups is 1. The Kier molecular flexibility index (Phi) is 5.57. The van der Waals surface area contributed by atoms with E-state index in [1.807, 2.05) is 55.5 Å². The van der Waals surface area contributed by atoms with E-state index >= 15 is 0 Å². The molecular weight excluding hydrogens is 382 g/mol. The van der Waals surface area contributed by atoms with Gasteiger partial charge in [0.15, 0.2) is 0 Å². The summed E-state index contributed by atoms with van der Waals surface area (Å²) in [5, 5.41) is 17.9. The van der Waals surface area contributed by atoms with Crippen LogP contribution >= 0.6 is 11.8 Å². The molecule has 0 atom stereocenters. The smallest absolute Gasteiger partial charge is 0.234 e. The number of hydrogen-bond donors (Lipinski definition) is 1. The Morgan fingerprint density at radius 3 is 2.72 bits per heavy atom. The molecule has 0 radical (unpaired) electrons. The Bertz CT molecular complexity index is 1170. The molecule has 6 nitrogen and oxygen atoms in total. The predicted octanol–water partition coefficient (Wildman–Crippen LogP) is 4.42. The van der Waals surface area contributed by atoms with Crippen LogP contribution in [-0.2, 0) is 11.2 Å². The molecule has 0 bridgehead atoms. The van der Waals surface area contributed by atoms with Gasteiger partial charge in [0.1, 0.15) is 0 Å². The number of hydrogen-bond acceptors (Lipinski definition) is 5. The number of fused-ring (bicyclic) bond motifs is 1. The maximum Gasteiger partial charge on any atom is 0.234 e. The minimum Gasteiger partial charge on any atom is -0.325 e. The molecule has 0 unspecified atom stereocenters. The number of amides is 1. The van der Waals surface area contributed by atoms with Crippen LogP contribution in [0.15, 0.2) is 65.8 Å². The SMILES string of the molecule is CCc1cccc(C)c1NC(=O)CSc1nnnn1-c1cccc2ccccc12. The van der Waals surface area contributed by atoms with E-state index < -0.39 is 0 Å². The highest BCUT2D eigenvalue weighted by molar-refractivity contribution is 7.99. The molecule has 4 rings (SSSR count). The van der Waals surface area contributed by atoms with E-state index in [9.17, 15) is 4.79 Å². The highest BCUT2D eigenvalue weighted by Gasteiger charge is 2.15. The van der Waals surface area contributed by atoms with E-state index in [1.54, 1.807) is 4.68 Å². The van der Waals surface area contributed by atoms with Gasteiger partial charge in [0, 0.05) is 11.1 Å². The van der Waals surface area contributed by atoms with Gasteiger partial charge in [-0.25, -0.2) is 0 Å². The van der Waals surface area contributed by atoms with Crippen molar-refractivity contribution in [2.45, 2.75) is 25.4 Å². The van der Waals surface area contributed by atoms with Crippen molar-refractivity contribution < 1.29 is 4.79 Å². The number of rotatable bonds is 6. The van der Waals surface area contributed by atoms with Crippen LogP contribution in [0.1, 0.15) is 18.1 Å². The van der Waals surface area contributed by atoms with Crippen LogP contribution in [-0.4, -0.2) is 31.9 Å². The van der Waals surface area contributed by atoms with Gasteiger partial charge in [-0.2, -0.15) is 4.68 Å². The third-order valence-corrected chi connectivity index (χ3v) is 5.69. The number of benzene rings is 3. The van der Waals surface area contributed by atoms with Crippen LogP contribution < -0.4 is 5.32 Å². The fourth-order valence-electron chi connectivity index (χ4n) is 3.32. The molecule has 0 spiro atoms. The third-order valence-electron chi connectivity index (χ3n) is 4.77. The second kappa shape index (κ2) is 8.45. The van der Waals surface area contributed by atoms with Crippen LogP contribution in [0.25, 0.3) is 16.5 Å². The molecule has 0 saturated heterocycles. The lowest BCUT2D eigenvalue weighted by Gasteiger charge is -2.13. The van der Waals surface area contributed by atoms with E-state index in [-0.39, 0.29) is 11.7 Å². The molecule has 3 aromatic carbocycles. The number of nitrogens with zero attached hydrogens (tertiary/aromatic N) is 4. The summed E-state index contributed by atoms with van der Waals surface area (Å²) < 4.78 is 1.69. The number of aryl methyl sites for hydroxylation is 2. The van der Waals surface area contributed by atoms with Crippen molar-refractivity contribution in [3.8, 4) is 5.69 Å². The molecule has 0 fully saturated rings. The summed E-state index contributed by atoms with van der Waals surface area (Å²) in [6.07, 6.45) is 0.865. The summed E-state index contributed by atoms with van der Waals surface area (Å²) in [5.74, 6) is 0.147. The first-order valence-corrected chi connectivity index (χ1v) is 10.4. The molecule has 1 amide bonds. The summed E-state index contributed by atoms with van der Waals surface area (Å²) >= 11 is 1.32. The van der Waals surface area contributed by atoms with Gasteiger partial charge in [0.05, 0.1) is 11.4 Å². The third kappa shape index (κ3) is 4.00. The van der Waals surface area contributed by atoms with Gasteiger partial charge in [-0.1, -0.05) is 73.3 Å². The minimum atomic E-state index is -0.0773. The molecule has 146 valence electrons. The molecule has 1 N–H and O–H groups in total. The van der Waals surface area contributed by atoms with Crippen molar-refractivity contribution in [3.05, 3.63) is 71.8 Å². The molecule has 0 saturated carbocycles. The molecule has 4 aromatic rings. The first-order chi connectivity index (χ1) is 14.2. The Morgan fingerprint density at radius 1 is 1.07 bits per heavy atom. The molecule has 1 heterocycles. The van der Waals surface area contributed by atoms with E-state index in [2.05, 4.69) is 39.9 Å². The molecule has 0 aliphatic heterocycles. The predicted molar refractivity (Wildman–Crippen MR) is 117 cm³/mol. The lowest BCUT2D eigenvalue weighted by molar-refractivity contribution is -0.113. The van der Waals surface area contributed by atoms with Crippen LogP contribution in [0, 0.1) is 6.92 Å². The Hall–Kier alpha value is -3.19. The zero-order valence-electron chi connectivity index (χ0n) is 16.3. The van der Waals surface area contributed by atoms with Gasteiger partial charge in [-0.15, -0.1) is 5.10 Å². The number of tetrazole rings is 1. The average Bonchev–Trinajstić information content (AvgIpc) is 3.21. The molecule has 29 heavy (non-hydrogen) atoms. The van der Waals surface area contributed by atoms with Gasteiger partial charge >= 0.3 is 0 Å². The molecule has 0 aliphatic carbocycles. The number of nitrogens with one attached hydrogen (secondary N) is 1. The maximum atomic E-state index is 12.6. The summed E-state index contributed by atoms with van der Waals surface area (Å²) in [6.45, 7) is 4.08. The van der Waals surface area contributed by atoms with Crippen molar-refractivity contribution in [1.82, 2.24) is 20.2 Å². The van der Waals surface area contributed by atoms with Crippen LogP contribution in [0.3, 0.4) is 0 Å². The highest BCUT2D eigenvalue weighted by Crippen LogP contribution is 2.26. The van der Waals surface area contributed by atoms with E-state index in [4.69, 9.17) is 0 Å². The topological polar surface area (TPSA) is 72.7 Å². The van der Waals surface area contributed by atoms with Crippen molar-refractivity contribution in [3.63, 3.8) is 0 Å². The molecule has 1 aromatic heterocycles. The quantitative estimate of drug-likeness (QED) is 0.483. The number of para-hydroxylation sites is 1. The lowest BCUT2D eigenvalue weighted by atomic mass is 10.1. The Labute approximate surface area is 173 Å². The largest absolute Gasteiger partial charge is 0.325 e. The number of anilines is 1. The minimum absolute atomic E-state index is 0.0773. The van der Waals surface area contributed by atoms with Crippen LogP contribution in [0.4, 0.5) is 5.69 Å². The normalized spacial score (nSPS) is 11.0. The van der Waals surface area contributed by atoms with Gasteiger partial charge in [-0.05, 0) is 46.4 Å². The van der Waals surface area contributed by atoms with Crippen molar-refractivity contribution in [2.75, 3.05) is 11.1 Å². The second-order valence-corrected chi connectivity index (χ2v) is 7.61. The van der Waals surface area contributed by atoms with E-state index in [0.29, 0.717) is 5.16 Å². The highest BCUT2D eigenvalue weighted by atomic mass is 32.2.